The molecular weight excluding hydrogens is 172 g/mol. The highest BCUT2D eigenvalue weighted by Crippen LogP contribution is 2.02. The molecule has 0 aliphatic rings. The first kappa shape index (κ1) is 11.8. The molecule has 0 spiro atoms. The van der Waals surface area contributed by atoms with Crippen molar-refractivity contribution in [3.8, 4) is 0 Å². The molecule has 0 saturated heterocycles. The Kier molecular flexibility index (Phi) is 5.80. The smallest absolute Gasteiger partial charge is 0.335 e. The zero-order chi connectivity index (χ0) is 10.3. The Morgan fingerprint density at radius 3 is 2.54 bits per heavy atom. The van der Waals surface area contributed by atoms with Crippen LogP contribution in [-0.2, 0) is 19.1 Å². The Hall–Kier alpha value is -1.16. The van der Waals surface area contributed by atoms with Crippen LogP contribution in [0.2, 0.25) is 0 Å². The first-order valence-corrected chi connectivity index (χ1v) is 3.91. The maximum absolute atomic E-state index is 11.0. The highest BCUT2D eigenvalue weighted by Gasteiger charge is 2.20. The Morgan fingerprint density at radius 1 is 1.54 bits per heavy atom. The monoisotopic (exact) mass is 186 g/mol. The number of carbonyl (C=O) groups excluding carboxylic acids is 2. The molecule has 74 valence electrons. The number of hydrogen-bond acceptors (Lipinski definition) is 4. The van der Waals surface area contributed by atoms with E-state index in [9.17, 15) is 9.59 Å². The van der Waals surface area contributed by atoms with E-state index in [4.69, 9.17) is 4.74 Å². The van der Waals surface area contributed by atoms with E-state index in [1.807, 2.05) is 0 Å². The Morgan fingerprint density at radius 2 is 2.15 bits per heavy atom. The fourth-order valence-electron chi connectivity index (χ4n) is 0.787. The van der Waals surface area contributed by atoms with Crippen molar-refractivity contribution in [1.29, 1.82) is 0 Å². The fourth-order valence-corrected chi connectivity index (χ4v) is 0.787. The summed E-state index contributed by atoms with van der Waals surface area (Å²) in [6.45, 7) is 5.06. The lowest BCUT2D eigenvalue weighted by Crippen LogP contribution is -2.27. The van der Waals surface area contributed by atoms with E-state index in [1.165, 1.54) is 20.1 Å². The molecule has 0 rings (SSSR count). The van der Waals surface area contributed by atoms with Gasteiger partial charge in [-0.15, -0.1) is 6.58 Å². The van der Waals surface area contributed by atoms with Gasteiger partial charge >= 0.3 is 5.97 Å². The zero-order valence-corrected chi connectivity index (χ0v) is 7.91. The summed E-state index contributed by atoms with van der Waals surface area (Å²) in [6.07, 6.45) is 0.747. The minimum Gasteiger partial charge on any atom is -0.467 e. The minimum atomic E-state index is -0.805. The van der Waals surface area contributed by atoms with Gasteiger partial charge in [0.15, 0.2) is 6.10 Å². The van der Waals surface area contributed by atoms with Crippen molar-refractivity contribution in [3.05, 3.63) is 12.7 Å². The molecule has 0 radical (unpaired) electrons. The van der Waals surface area contributed by atoms with Crippen LogP contribution < -0.4 is 0 Å². The van der Waals surface area contributed by atoms with Gasteiger partial charge in [0.1, 0.15) is 5.78 Å². The van der Waals surface area contributed by atoms with Crippen molar-refractivity contribution in [2.24, 2.45) is 0 Å². The van der Waals surface area contributed by atoms with Crippen molar-refractivity contribution in [1.82, 2.24) is 0 Å². The third-order valence-corrected chi connectivity index (χ3v) is 1.35. The number of ether oxygens (including phenoxy) is 2. The quantitative estimate of drug-likeness (QED) is 0.453. The van der Waals surface area contributed by atoms with Crippen LogP contribution in [0.15, 0.2) is 12.7 Å². The molecule has 1 atom stereocenters. The fraction of sp³-hybridized carbons (Fsp3) is 0.556. The van der Waals surface area contributed by atoms with E-state index in [2.05, 4.69) is 11.3 Å². The Labute approximate surface area is 77.5 Å². The van der Waals surface area contributed by atoms with Crippen LogP contribution in [0.1, 0.15) is 13.3 Å². The lowest BCUT2D eigenvalue weighted by atomic mass is 10.2. The second kappa shape index (κ2) is 6.37. The number of Topliss-reactive ketones (excluding diaryl/α,β-unsaturated/α-hetero) is 1. The molecular formula is C9H14O4. The molecule has 0 N–H and O–H groups in total. The molecule has 0 fully saturated rings. The Bertz CT molecular complexity index is 198. The number of ketones is 1. The summed E-state index contributed by atoms with van der Waals surface area (Å²) in [5.74, 6) is -0.642. The molecule has 4 heteroatoms. The molecule has 0 aromatic carbocycles. The predicted octanol–water partition coefficient (Wildman–Crippen LogP) is 0.710. The summed E-state index contributed by atoms with van der Waals surface area (Å²) in [6, 6.07) is 0. The second-order valence-electron chi connectivity index (χ2n) is 2.54. The summed E-state index contributed by atoms with van der Waals surface area (Å²) in [5, 5.41) is 0. The first-order chi connectivity index (χ1) is 6.11. The average Bonchev–Trinajstić information content (AvgIpc) is 2.10. The van der Waals surface area contributed by atoms with Gasteiger partial charge in [-0.2, -0.15) is 0 Å². The number of methoxy groups -OCH3 is 1. The standard InChI is InChI=1S/C9H14O4/c1-4-5-13-8(6-7(2)10)9(11)12-3/h4,8H,1,5-6H2,2-3H3/t8-/m0/s1. The maximum Gasteiger partial charge on any atom is 0.335 e. The molecule has 0 saturated carbocycles. The van der Waals surface area contributed by atoms with Crippen molar-refractivity contribution >= 4 is 11.8 Å². The van der Waals surface area contributed by atoms with E-state index in [1.54, 1.807) is 0 Å². The number of esters is 1. The van der Waals surface area contributed by atoms with Crippen molar-refractivity contribution in [2.45, 2.75) is 19.4 Å². The van der Waals surface area contributed by atoms with Crippen LogP contribution in [0.3, 0.4) is 0 Å². The van der Waals surface area contributed by atoms with Crippen molar-refractivity contribution in [3.63, 3.8) is 0 Å². The average molecular weight is 186 g/mol. The van der Waals surface area contributed by atoms with Gasteiger partial charge < -0.3 is 9.47 Å². The third-order valence-electron chi connectivity index (χ3n) is 1.35. The van der Waals surface area contributed by atoms with Crippen LogP contribution >= 0.6 is 0 Å². The largest absolute Gasteiger partial charge is 0.467 e. The van der Waals surface area contributed by atoms with Gasteiger partial charge in [-0.3, -0.25) is 4.79 Å². The molecule has 0 aliphatic carbocycles. The minimum absolute atomic E-state index is 0.0422. The van der Waals surface area contributed by atoms with E-state index in [-0.39, 0.29) is 18.8 Å². The molecule has 13 heavy (non-hydrogen) atoms. The summed E-state index contributed by atoms with van der Waals surface area (Å²) >= 11 is 0. The highest BCUT2D eigenvalue weighted by molar-refractivity contribution is 5.84. The van der Waals surface area contributed by atoms with Crippen LogP contribution in [-0.4, -0.2) is 31.6 Å². The van der Waals surface area contributed by atoms with Gasteiger partial charge in [0.25, 0.3) is 0 Å². The number of carbonyl (C=O) groups is 2. The van der Waals surface area contributed by atoms with Gasteiger partial charge in [-0.25, -0.2) is 4.79 Å². The van der Waals surface area contributed by atoms with Crippen LogP contribution in [0.25, 0.3) is 0 Å². The van der Waals surface area contributed by atoms with Gasteiger partial charge in [0, 0.05) is 6.42 Å². The maximum atomic E-state index is 11.0. The molecule has 4 nitrogen and oxygen atoms in total. The van der Waals surface area contributed by atoms with E-state index in [0.29, 0.717) is 0 Å². The summed E-state index contributed by atoms with van der Waals surface area (Å²) in [5.41, 5.74) is 0. The predicted molar refractivity (Wildman–Crippen MR) is 47.3 cm³/mol. The zero-order valence-electron chi connectivity index (χ0n) is 7.91. The van der Waals surface area contributed by atoms with Gasteiger partial charge in [-0.1, -0.05) is 6.08 Å². The first-order valence-electron chi connectivity index (χ1n) is 3.91. The van der Waals surface area contributed by atoms with E-state index >= 15 is 0 Å². The molecule has 0 bridgehead atoms. The molecule has 0 heterocycles. The van der Waals surface area contributed by atoms with Crippen molar-refractivity contribution < 1.29 is 19.1 Å². The van der Waals surface area contributed by atoms with Gasteiger partial charge in [-0.05, 0) is 6.92 Å². The van der Waals surface area contributed by atoms with Gasteiger partial charge in [0.2, 0.25) is 0 Å². The highest BCUT2D eigenvalue weighted by atomic mass is 16.6. The Balaban J connectivity index is 4.09. The molecule has 0 amide bonds. The molecule has 0 aliphatic heterocycles. The van der Waals surface area contributed by atoms with Crippen LogP contribution in [0.4, 0.5) is 0 Å². The lowest BCUT2D eigenvalue weighted by Gasteiger charge is -2.12. The van der Waals surface area contributed by atoms with Crippen LogP contribution in [0, 0.1) is 0 Å². The summed E-state index contributed by atoms with van der Waals surface area (Å²) in [4.78, 5) is 21.7. The summed E-state index contributed by atoms with van der Waals surface area (Å²) < 4.78 is 9.50. The van der Waals surface area contributed by atoms with E-state index < -0.39 is 12.1 Å². The molecule has 0 aromatic rings. The number of hydrogen-bond donors (Lipinski definition) is 0. The topological polar surface area (TPSA) is 52.6 Å². The van der Waals surface area contributed by atoms with Gasteiger partial charge in [0.05, 0.1) is 13.7 Å². The van der Waals surface area contributed by atoms with Crippen LogP contribution in [0.5, 0.6) is 0 Å². The normalized spacial score (nSPS) is 11.8. The van der Waals surface area contributed by atoms with Crippen molar-refractivity contribution in [2.75, 3.05) is 13.7 Å². The third kappa shape index (κ3) is 5.14. The number of rotatable bonds is 6. The van der Waals surface area contributed by atoms with E-state index in [0.717, 1.165) is 0 Å². The summed E-state index contributed by atoms with van der Waals surface area (Å²) in [7, 11) is 1.26. The lowest BCUT2D eigenvalue weighted by molar-refractivity contribution is -0.155. The SMILES string of the molecule is C=CCO[C@@H](CC(C)=O)C(=O)OC. The second-order valence-corrected chi connectivity index (χ2v) is 2.54. The molecule has 0 aromatic heterocycles. The molecule has 0 unspecified atom stereocenters.